The standard InChI is InChI=1S/C7H7NO5/c9-5-2-1-4(3-6(5)10)13-7(11)8-12/h1-3,9-10,12H,(H,8,11). The van der Waals surface area contributed by atoms with Gasteiger partial charge >= 0.3 is 6.09 Å². The number of carbonyl (C=O) groups is 1. The highest BCUT2D eigenvalue weighted by molar-refractivity contribution is 5.69. The molecule has 13 heavy (non-hydrogen) atoms. The van der Waals surface area contributed by atoms with Crippen LogP contribution in [0.5, 0.6) is 17.2 Å². The van der Waals surface area contributed by atoms with Crippen LogP contribution < -0.4 is 10.2 Å². The molecule has 1 rings (SSSR count). The number of phenolic OH excluding ortho intramolecular Hbond substituents is 2. The fourth-order valence-electron chi connectivity index (χ4n) is 0.697. The Labute approximate surface area is 73.0 Å². The van der Waals surface area contributed by atoms with Crippen molar-refractivity contribution in [3.63, 3.8) is 0 Å². The van der Waals surface area contributed by atoms with Crippen LogP contribution in [-0.2, 0) is 0 Å². The molecule has 4 N–H and O–H groups in total. The molecule has 0 aliphatic heterocycles. The number of hydrogen-bond donors (Lipinski definition) is 4. The Balaban J connectivity index is 2.79. The molecule has 6 nitrogen and oxygen atoms in total. The maximum Gasteiger partial charge on any atom is 0.436 e. The Morgan fingerprint density at radius 2 is 2.00 bits per heavy atom. The third-order valence-corrected chi connectivity index (χ3v) is 1.25. The van der Waals surface area contributed by atoms with E-state index in [4.69, 9.17) is 15.4 Å². The molecule has 6 heteroatoms. The van der Waals surface area contributed by atoms with Crippen LogP contribution in [0.4, 0.5) is 4.79 Å². The van der Waals surface area contributed by atoms with E-state index in [2.05, 4.69) is 4.74 Å². The molecule has 0 spiro atoms. The zero-order valence-electron chi connectivity index (χ0n) is 6.39. The molecule has 1 aromatic rings. The van der Waals surface area contributed by atoms with Crippen LogP contribution in [-0.4, -0.2) is 21.5 Å². The third-order valence-electron chi connectivity index (χ3n) is 1.25. The number of nitrogens with one attached hydrogen (secondary N) is 1. The van der Waals surface area contributed by atoms with Gasteiger partial charge in [0.25, 0.3) is 0 Å². The fourth-order valence-corrected chi connectivity index (χ4v) is 0.697. The summed E-state index contributed by atoms with van der Waals surface area (Å²) in [6.45, 7) is 0. The molecule has 0 saturated carbocycles. The van der Waals surface area contributed by atoms with Crippen LogP contribution in [0.2, 0.25) is 0 Å². The van der Waals surface area contributed by atoms with Crippen LogP contribution in [0.15, 0.2) is 18.2 Å². The molecule has 1 aromatic carbocycles. The minimum Gasteiger partial charge on any atom is -0.504 e. The quantitative estimate of drug-likeness (QED) is 0.291. The van der Waals surface area contributed by atoms with Crippen molar-refractivity contribution < 1.29 is 25.0 Å². The van der Waals surface area contributed by atoms with Gasteiger partial charge in [-0.25, -0.2) is 10.3 Å². The van der Waals surface area contributed by atoms with E-state index in [0.29, 0.717) is 0 Å². The summed E-state index contributed by atoms with van der Waals surface area (Å²) in [5.41, 5.74) is 1.24. The van der Waals surface area contributed by atoms with Crippen molar-refractivity contribution in [2.24, 2.45) is 0 Å². The van der Waals surface area contributed by atoms with E-state index in [1.165, 1.54) is 11.5 Å². The first kappa shape index (κ1) is 9.14. The summed E-state index contributed by atoms with van der Waals surface area (Å²) in [4.78, 5) is 10.4. The van der Waals surface area contributed by atoms with Gasteiger partial charge in [-0.05, 0) is 12.1 Å². The first-order valence-electron chi connectivity index (χ1n) is 3.27. The van der Waals surface area contributed by atoms with Gasteiger partial charge in [-0.15, -0.1) is 0 Å². The summed E-state index contributed by atoms with van der Waals surface area (Å²) in [5, 5.41) is 25.9. The number of phenols is 2. The van der Waals surface area contributed by atoms with E-state index >= 15 is 0 Å². The van der Waals surface area contributed by atoms with Crippen molar-refractivity contribution in [3.05, 3.63) is 18.2 Å². The normalized spacial score (nSPS) is 9.31. The molecular formula is C7H7NO5. The summed E-state index contributed by atoms with van der Waals surface area (Å²) in [7, 11) is 0. The lowest BCUT2D eigenvalue weighted by molar-refractivity contribution is 0.127. The molecule has 0 aromatic heterocycles. The second kappa shape index (κ2) is 3.63. The largest absolute Gasteiger partial charge is 0.504 e. The summed E-state index contributed by atoms with van der Waals surface area (Å²) in [6.07, 6.45) is -1.08. The Hall–Kier alpha value is -1.95. The average Bonchev–Trinajstić information content (AvgIpc) is 2.11. The maximum absolute atomic E-state index is 10.4. The molecule has 70 valence electrons. The highest BCUT2D eigenvalue weighted by atomic mass is 16.6. The Kier molecular flexibility index (Phi) is 2.56. The van der Waals surface area contributed by atoms with Crippen LogP contribution in [0, 0.1) is 0 Å². The van der Waals surface area contributed by atoms with Crippen LogP contribution in [0.3, 0.4) is 0 Å². The molecule has 0 heterocycles. The van der Waals surface area contributed by atoms with E-state index in [0.717, 1.165) is 12.1 Å². The third kappa shape index (κ3) is 2.24. The van der Waals surface area contributed by atoms with Crippen LogP contribution in [0.1, 0.15) is 0 Å². The second-order valence-corrected chi connectivity index (χ2v) is 2.15. The SMILES string of the molecule is O=C(NO)Oc1ccc(O)c(O)c1. The highest BCUT2D eigenvalue weighted by Gasteiger charge is 2.05. The summed E-state index contributed by atoms with van der Waals surface area (Å²) >= 11 is 0. The number of amides is 1. The lowest BCUT2D eigenvalue weighted by atomic mass is 10.3. The molecule has 0 atom stereocenters. The molecule has 0 fully saturated rings. The van der Waals surface area contributed by atoms with Crippen LogP contribution in [0.25, 0.3) is 0 Å². The molecule has 0 aliphatic rings. The average molecular weight is 185 g/mol. The van der Waals surface area contributed by atoms with Gasteiger partial charge in [0.1, 0.15) is 5.75 Å². The number of benzene rings is 1. The van der Waals surface area contributed by atoms with Gasteiger partial charge in [0.2, 0.25) is 0 Å². The van der Waals surface area contributed by atoms with Gasteiger partial charge in [0.05, 0.1) is 0 Å². The Morgan fingerprint density at radius 3 is 2.54 bits per heavy atom. The van der Waals surface area contributed by atoms with Crippen molar-refractivity contribution in [2.75, 3.05) is 0 Å². The van der Waals surface area contributed by atoms with E-state index in [9.17, 15) is 4.79 Å². The van der Waals surface area contributed by atoms with Gasteiger partial charge in [-0.1, -0.05) is 0 Å². The number of aromatic hydroxyl groups is 2. The molecule has 0 bridgehead atoms. The predicted octanol–water partition coefficient (Wildman–Crippen LogP) is 0.575. The Bertz CT molecular complexity index is 325. The zero-order chi connectivity index (χ0) is 9.84. The molecule has 1 amide bonds. The molecule has 0 saturated heterocycles. The van der Waals surface area contributed by atoms with Crippen LogP contribution >= 0.6 is 0 Å². The summed E-state index contributed by atoms with van der Waals surface area (Å²) < 4.78 is 4.43. The number of hydroxylamine groups is 1. The number of ether oxygens (including phenoxy) is 1. The lowest BCUT2D eigenvalue weighted by Gasteiger charge is -2.03. The maximum atomic E-state index is 10.4. The van der Waals surface area contributed by atoms with Crippen molar-refractivity contribution in [1.82, 2.24) is 5.48 Å². The predicted molar refractivity (Wildman–Crippen MR) is 40.7 cm³/mol. The lowest BCUT2D eigenvalue weighted by Crippen LogP contribution is -2.22. The monoisotopic (exact) mass is 185 g/mol. The van der Waals surface area contributed by atoms with Crippen molar-refractivity contribution in [1.29, 1.82) is 0 Å². The zero-order valence-corrected chi connectivity index (χ0v) is 6.39. The van der Waals surface area contributed by atoms with Gasteiger partial charge in [-0.2, -0.15) is 0 Å². The molecular weight excluding hydrogens is 178 g/mol. The minimum atomic E-state index is -1.08. The van der Waals surface area contributed by atoms with Crippen molar-refractivity contribution in [3.8, 4) is 17.2 Å². The van der Waals surface area contributed by atoms with E-state index in [1.54, 1.807) is 0 Å². The summed E-state index contributed by atoms with van der Waals surface area (Å²) in [5.74, 6) is -0.734. The topological polar surface area (TPSA) is 99.0 Å². The highest BCUT2D eigenvalue weighted by Crippen LogP contribution is 2.28. The first-order chi connectivity index (χ1) is 6.13. The van der Waals surface area contributed by atoms with E-state index in [-0.39, 0.29) is 11.5 Å². The van der Waals surface area contributed by atoms with Gasteiger partial charge in [0, 0.05) is 6.07 Å². The van der Waals surface area contributed by atoms with Gasteiger partial charge in [-0.3, -0.25) is 5.21 Å². The van der Waals surface area contributed by atoms with Gasteiger partial charge in [0.15, 0.2) is 11.5 Å². The first-order valence-corrected chi connectivity index (χ1v) is 3.27. The number of rotatable bonds is 1. The molecule has 0 aliphatic carbocycles. The Morgan fingerprint density at radius 1 is 1.31 bits per heavy atom. The van der Waals surface area contributed by atoms with Crippen molar-refractivity contribution in [2.45, 2.75) is 0 Å². The molecule has 0 unspecified atom stereocenters. The number of hydrogen-bond acceptors (Lipinski definition) is 5. The smallest absolute Gasteiger partial charge is 0.436 e. The van der Waals surface area contributed by atoms with E-state index in [1.807, 2.05) is 0 Å². The fraction of sp³-hybridized carbons (Fsp3) is 0. The minimum absolute atomic E-state index is 0.00171. The van der Waals surface area contributed by atoms with Crippen molar-refractivity contribution >= 4 is 6.09 Å². The number of carbonyl (C=O) groups excluding carboxylic acids is 1. The van der Waals surface area contributed by atoms with E-state index < -0.39 is 11.8 Å². The van der Waals surface area contributed by atoms with Gasteiger partial charge < -0.3 is 14.9 Å². The second-order valence-electron chi connectivity index (χ2n) is 2.15. The molecule has 0 radical (unpaired) electrons. The summed E-state index contributed by atoms with van der Waals surface area (Å²) in [6, 6.07) is 3.43.